The molecule has 0 amide bonds. The average Bonchev–Trinajstić information content (AvgIpc) is 2.49. The van der Waals surface area contributed by atoms with Gasteiger partial charge in [0.15, 0.2) is 0 Å². The fourth-order valence-electron chi connectivity index (χ4n) is 0. The van der Waals surface area contributed by atoms with Crippen molar-refractivity contribution in [2.45, 2.75) is 52.0 Å². The summed E-state index contributed by atoms with van der Waals surface area (Å²) in [5.41, 5.74) is 0. The van der Waals surface area contributed by atoms with Gasteiger partial charge >= 0.3 is 52.2 Å². The minimum atomic E-state index is -1.08. The Morgan fingerprint density at radius 2 is 0.455 bits per heavy atom. The van der Waals surface area contributed by atoms with Gasteiger partial charge in [0.25, 0.3) is 0 Å². The number of hydrogen-bond acceptors (Lipinski definition) is 10. The van der Waals surface area contributed by atoms with Gasteiger partial charge in [-0.25, -0.2) is 18.3 Å². The van der Waals surface area contributed by atoms with Gasteiger partial charge in [-0.05, 0) is 0 Å². The van der Waals surface area contributed by atoms with Crippen LogP contribution >= 0.6 is 101 Å². The van der Waals surface area contributed by atoms with E-state index in [4.69, 9.17) is 66.8 Å². The van der Waals surface area contributed by atoms with Gasteiger partial charge in [-0.2, -0.15) is 39.6 Å². The van der Waals surface area contributed by atoms with Crippen LogP contribution in [0.4, 0.5) is 0 Å². The molecule has 0 fully saturated rings. The van der Waals surface area contributed by atoms with Crippen LogP contribution in [0.25, 0.3) is 0 Å². The Morgan fingerprint density at radius 1 is 0.455 bits per heavy atom. The second-order valence-electron chi connectivity index (χ2n) is 0.401. The first-order valence-electron chi connectivity index (χ1n) is 2.56. The Kier molecular flexibility index (Phi) is 4110. The Bertz CT molecular complexity index is 179. The summed E-state index contributed by atoms with van der Waals surface area (Å²) in [4.78, 5) is 55.9. The molecular formula is C7H50O15P11+. The van der Waals surface area contributed by atoms with Crippen molar-refractivity contribution in [1.29, 1.82) is 0 Å². The predicted molar refractivity (Wildman–Crippen MR) is 176 cm³/mol. The van der Waals surface area contributed by atoms with E-state index in [9.17, 15) is 0 Å². The van der Waals surface area contributed by atoms with Crippen molar-refractivity contribution in [3.05, 3.63) is 19.9 Å². The molecule has 6 unspecified atom stereocenters. The topological polar surface area (TPSA) is 283 Å². The third kappa shape index (κ3) is 8630. The van der Waals surface area contributed by atoms with Crippen LogP contribution in [0.1, 0.15) is 52.0 Å². The normalized spacial score (nSPS) is 3.21. The Morgan fingerprint density at radius 3 is 0.455 bits per heavy atom. The van der Waals surface area contributed by atoms with Crippen LogP contribution < -0.4 is 0 Å². The summed E-state index contributed by atoms with van der Waals surface area (Å²) in [6, 6.07) is 0. The number of rotatable bonds is 0. The van der Waals surface area contributed by atoms with Crippen LogP contribution in [0, 0.1) is 19.9 Å². The summed E-state index contributed by atoms with van der Waals surface area (Å²) in [5, 5.41) is 0. The molecule has 0 aromatic carbocycles. The monoisotopic (exact) mass is 715 g/mol. The minimum absolute atomic E-state index is 0. The molecule has 0 aromatic rings. The molecule has 6 atom stereocenters. The molecule has 6 N–H and O–H groups in total. The molecule has 0 radical (unpaired) electrons. The van der Waals surface area contributed by atoms with E-state index in [0.717, 1.165) is 0 Å². The molecule has 0 saturated heterocycles. The molecule has 0 aliphatic rings. The van der Waals surface area contributed by atoms with Gasteiger partial charge in [-0.3, -0.25) is 0 Å². The van der Waals surface area contributed by atoms with E-state index in [2.05, 4.69) is 17.9 Å². The van der Waals surface area contributed by atoms with E-state index in [1.54, 1.807) is 0 Å². The zero-order chi connectivity index (χ0) is 19.5. The molecule has 0 aliphatic carbocycles. The fourth-order valence-corrected chi connectivity index (χ4v) is 0. The van der Waals surface area contributed by atoms with Gasteiger partial charge in [0.05, 0.1) is 0 Å². The molecule has 0 bridgehead atoms. The molecule has 15 nitrogen and oxygen atoms in total. The van der Waals surface area contributed by atoms with Gasteiger partial charge in [-0.1, -0.05) is 52.0 Å². The standard InChI is InChI=1S/7CH4.4HO2P.O2P.2O2.H2O.H4P2.4H3P/c;;;;;;;5*1-3-2;2*1-2;;1-2;;;;/h7*1H4;4*(H,1,2);;;;1H2;1-2H2;4*1H3/q;;;;;;;;;;;+1;;;;;;;;. The van der Waals surface area contributed by atoms with Crippen molar-refractivity contribution in [1.82, 2.24) is 0 Å². The summed E-state index contributed by atoms with van der Waals surface area (Å²) in [6.07, 6.45) is 0. The quantitative estimate of drug-likeness (QED) is 0.209. The van der Waals surface area contributed by atoms with E-state index < -0.39 is 43.1 Å². The van der Waals surface area contributed by atoms with E-state index in [1.165, 1.54) is 0 Å². The van der Waals surface area contributed by atoms with Crippen molar-refractivity contribution in [2.75, 3.05) is 0 Å². The van der Waals surface area contributed by atoms with Gasteiger partial charge < -0.3 is 25.0 Å². The fraction of sp³-hybridized carbons (Fsp3) is 1.00. The largest absolute Gasteiger partial charge is 0.153 e. The van der Waals surface area contributed by atoms with Crippen molar-refractivity contribution in [2.24, 2.45) is 0 Å². The van der Waals surface area contributed by atoms with Gasteiger partial charge in [-0.15, -0.1) is 17.9 Å². The summed E-state index contributed by atoms with van der Waals surface area (Å²) in [5.74, 6) is 0. The van der Waals surface area contributed by atoms with Crippen LogP contribution in [0.15, 0.2) is 0 Å². The van der Waals surface area contributed by atoms with Gasteiger partial charge in [0.1, 0.15) is 0 Å². The Labute approximate surface area is 224 Å². The zero-order valence-electron chi connectivity index (χ0n) is 12.6. The molecule has 33 heavy (non-hydrogen) atoms. The average molecular weight is 715 g/mol. The first kappa shape index (κ1) is 180. The molecule has 0 rings (SSSR count). The first-order chi connectivity index (χ1) is 10.1. The third-order valence-corrected chi connectivity index (χ3v) is 0. The van der Waals surface area contributed by atoms with Crippen LogP contribution in [0.5, 0.6) is 0 Å². The van der Waals surface area contributed by atoms with Crippen molar-refractivity contribution < 1.29 is 52.4 Å². The maximum atomic E-state index is 8.46. The van der Waals surface area contributed by atoms with E-state index in [1.807, 2.05) is 0 Å². The van der Waals surface area contributed by atoms with Crippen molar-refractivity contribution >= 4 is 101 Å². The van der Waals surface area contributed by atoms with Gasteiger partial charge in [0.2, 0.25) is 0 Å². The zero-order valence-corrected chi connectivity index (χ0v) is 25.0. The summed E-state index contributed by atoms with van der Waals surface area (Å²) in [7, 11) is 0.250. The van der Waals surface area contributed by atoms with Crippen LogP contribution in [-0.2, 0) is 27.4 Å². The molecule has 0 spiro atoms. The molecule has 0 heterocycles. The van der Waals surface area contributed by atoms with E-state index >= 15 is 0 Å². The second kappa shape index (κ2) is 754. The van der Waals surface area contributed by atoms with E-state index in [-0.39, 0.29) is 97.1 Å². The SMILES string of the molecule is C.C.C.C.C.C.C.O.O=O.O=O.O=PO.O=PO.O=PO.O=PO.O=[P+]=O.P.P.P.P.PP. The number of hydrogen-bond donors (Lipinski definition) is 4. The van der Waals surface area contributed by atoms with Crippen molar-refractivity contribution in [3.63, 3.8) is 0 Å². The van der Waals surface area contributed by atoms with Crippen LogP contribution in [0.2, 0.25) is 0 Å². The maximum absolute atomic E-state index is 8.46. The van der Waals surface area contributed by atoms with Crippen molar-refractivity contribution in [3.8, 4) is 0 Å². The second-order valence-corrected chi connectivity index (χ2v) is 1.20. The van der Waals surface area contributed by atoms with E-state index in [0.29, 0.717) is 0 Å². The maximum Gasteiger partial charge on any atom is -0.118 e. The van der Waals surface area contributed by atoms with Crippen LogP contribution in [-0.4, -0.2) is 25.0 Å². The third-order valence-electron chi connectivity index (χ3n) is 0. The van der Waals surface area contributed by atoms with Gasteiger partial charge in [0, 0.05) is 19.9 Å². The first-order valence-corrected chi connectivity index (χ1v) is 9.02. The molecule has 0 aromatic heterocycles. The molecular weight excluding hydrogens is 665 g/mol. The summed E-state index contributed by atoms with van der Waals surface area (Å²) in [6.45, 7) is 0. The molecule has 0 saturated carbocycles. The minimum Gasteiger partial charge on any atom is -0.153 e. The predicted octanol–water partition coefficient (Wildman–Crippen LogP) is 6.01. The molecule has 222 valence electrons. The molecule has 26 heteroatoms. The molecule has 0 aliphatic heterocycles. The van der Waals surface area contributed by atoms with Crippen LogP contribution in [0.3, 0.4) is 0 Å². The smallest absolute Gasteiger partial charge is 0.118 e. The summed E-state index contributed by atoms with van der Waals surface area (Å²) >= 11 is 0. The summed E-state index contributed by atoms with van der Waals surface area (Å²) < 4.78 is 50.5. The Balaban J connectivity index is -0.00000000311. The Hall–Kier alpha value is 2.01.